The fraction of sp³-hybridized carbons (Fsp3) is 0.0909. The summed E-state index contributed by atoms with van der Waals surface area (Å²) in [5, 5.41) is 2.62. The number of halogens is 1. The number of carbonyl (C=O) groups is 2. The largest absolute Gasteiger partial charge is 0.481 e. The minimum absolute atomic E-state index is 0.248. The standard InChI is InChI=1S/C22H18BrNO4/c1-15(25)24-19-9-5-6-10-21(19)28-22(26)14-27-20-12-11-17(13-18(20)23)16-7-3-2-4-8-16/h2-13H,14H2,1H3,(H,24,25). The Morgan fingerprint density at radius 1 is 0.893 bits per heavy atom. The van der Waals surface area contributed by atoms with E-state index in [4.69, 9.17) is 9.47 Å². The monoisotopic (exact) mass is 439 g/mol. The maximum absolute atomic E-state index is 12.1. The van der Waals surface area contributed by atoms with E-state index in [1.165, 1.54) is 6.92 Å². The van der Waals surface area contributed by atoms with Crippen LogP contribution in [-0.2, 0) is 9.59 Å². The quantitative estimate of drug-likeness (QED) is 0.430. The third-order valence-electron chi connectivity index (χ3n) is 3.81. The molecule has 5 nitrogen and oxygen atoms in total. The van der Waals surface area contributed by atoms with Crippen molar-refractivity contribution in [2.24, 2.45) is 0 Å². The predicted octanol–water partition coefficient (Wildman–Crippen LogP) is 5.06. The molecule has 142 valence electrons. The Morgan fingerprint density at radius 2 is 1.61 bits per heavy atom. The van der Waals surface area contributed by atoms with Crippen LogP contribution in [-0.4, -0.2) is 18.5 Å². The second-order valence-electron chi connectivity index (χ2n) is 5.95. The molecule has 0 fully saturated rings. The average molecular weight is 440 g/mol. The van der Waals surface area contributed by atoms with Crippen molar-refractivity contribution in [3.8, 4) is 22.6 Å². The summed E-state index contributed by atoms with van der Waals surface area (Å²) in [6.07, 6.45) is 0. The van der Waals surface area contributed by atoms with Gasteiger partial charge in [0.25, 0.3) is 0 Å². The number of rotatable bonds is 6. The smallest absolute Gasteiger partial charge is 0.349 e. The van der Waals surface area contributed by atoms with Crippen molar-refractivity contribution in [3.05, 3.63) is 77.3 Å². The first-order valence-corrected chi connectivity index (χ1v) is 9.37. The molecule has 0 aliphatic rings. The molecule has 0 bridgehead atoms. The zero-order valence-electron chi connectivity index (χ0n) is 15.1. The van der Waals surface area contributed by atoms with E-state index >= 15 is 0 Å². The molecule has 0 heterocycles. The van der Waals surface area contributed by atoms with Gasteiger partial charge in [0.1, 0.15) is 5.75 Å². The van der Waals surface area contributed by atoms with Gasteiger partial charge in [-0.3, -0.25) is 4.79 Å². The maximum Gasteiger partial charge on any atom is 0.349 e. The molecule has 0 aromatic heterocycles. The Labute approximate surface area is 171 Å². The fourth-order valence-electron chi connectivity index (χ4n) is 2.57. The summed E-state index contributed by atoms with van der Waals surface area (Å²) >= 11 is 3.48. The second-order valence-corrected chi connectivity index (χ2v) is 6.81. The van der Waals surface area contributed by atoms with E-state index in [-0.39, 0.29) is 18.3 Å². The van der Waals surface area contributed by atoms with Gasteiger partial charge in [-0.15, -0.1) is 0 Å². The van der Waals surface area contributed by atoms with Crippen molar-refractivity contribution in [2.45, 2.75) is 6.92 Å². The van der Waals surface area contributed by atoms with Gasteiger partial charge in [0, 0.05) is 6.92 Å². The molecule has 0 saturated carbocycles. The number of amides is 1. The molecular weight excluding hydrogens is 422 g/mol. The first-order valence-electron chi connectivity index (χ1n) is 8.58. The van der Waals surface area contributed by atoms with E-state index in [0.29, 0.717) is 11.4 Å². The third-order valence-corrected chi connectivity index (χ3v) is 4.43. The predicted molar refractivity (Wildman–Crippen MR) is 111 cm³/mol. The van der Waals surface area contributed by atoms with Crippen LogP contribution in [0.2, 0.25) is 0 Å². The van der Waals surface area contributed by atoms with E-state index in [2.05, 4.69) is 21.2 Å². The second kappa shape index (κ2) is 9.19. The van der Waals surface area contributed by atoms with E-state index in [1.807, 2.05) is 42.5 Å². The number of hydrogen-bond acceptors (Lipinski definition) is 4. The molecule has 28 heavy (non-hydrogen) atoms. The molecule has 1 amide bonds. The zero-order valence-corrected chi connectivity index (χ0v) is 16.7. The van der Waals surface area contributed by atoms with Crippen molar-refractivity contribution in [1.29, 1.82) is 0 Å². The lowest BCUT2D eigenvalue weighted by atomic mass is 10.1. The minimum atomic E-state index is -0.572. The van der Waals surface area contributed by atoms with E-state index in [9.17, 15) is 9.59 Å². The van der Waals surface area contributed by atoms with Crippen molar-refractivity contribution in [2.75, 3.05) is 11.9 Å². The summed E-state index contributed by atoms with van der Waals surface area (Å²) in [6.45, 7) is 1.12. The molecule has 0 atom stereocenters. The van der Waals surface area contributed by atoms with Crippen molar-refractivity contribution >= 4 is 33.5 Å². The summed E-state index contributed by atoms with van der Waals surface area (Å²) in [5.41, 5.74) is 2.55. The molecule has 0 saturated heterocycles. The molecule has 3 rings (SSSR count). The Hall–Kier alpha value is -3.12. The lowest BCUT2D eigenvalue weighted by Gasteiger charge is -2.12. The molecule has 0 radical (unpaired) electrons. The Bertz CT molecular complexity index is 989. The summed E-state index contributed by atoms with van der Waals surface area (Å²) in [7, 11) is 0. The lowest BCUT2D eigenvalue weighted by molar-refractivity contribution is -0.136. The number of nitrogens with one attached hydrogen (secondary N) is 1. The van der Waals surface area contributed by atoms with E-state index < -0.39 is 5.97 Å². The molecule has 0 unspecified atom stereocenters. The average Bonchev–Trinajstić information content (AvgIpc) is 2.69. The van der Waals surface area contributed by atoms with Crippen LogP contribution in [0.1, 0.15) is 6.92 Å². The molecule has 6 heteroatoms. The molecule has 1 N–H and O–H groups in total. The number of anilines is 1. The van der Waals surface area contributed by atoms with Gasteiger partial charge in [0.15, 0.2) is 12.4 Å². The number of para-hydroxylation sites is 2. The molecule has 0 aliphatic heterocycles. The van der Waals surface area contributed by atoms with Gasteiger partial charge in [0.05, 0.1) is 10.2 Å². The highest BCUT2D eigenvalue weighted by Gasteiger charge is 2.12. The molecular formula is C22H18BrNO4. The topological polar surface area (TPSA) is 64.6 Å². The van der Waals surface area contributed by atoms with Gasteiger partial charge in [0.2, 0.25) is 5.91 Å². The van der Waals surface area contributed by atoms with Gasteiger partial charge < -0.3 is 14.8 Å². The number of benzene rings is 3. The van der Waals surface area contributed by atoms with Crippen LogP contribution in [0.25, 0.3) is 11.1 Å². The number of ether oxygens (including phenoxy) is 2. The normalized spacial score (nSPS) is 10.2. The Balaban J connectivity index is 1.63. The summed E-state index contributed by atoms with van der Waals surface area (Å²) in [6, 6.07) is 22.3. The maximum atomic E-state index is 12.1. The molecule has 3 aromatic carbocycles. The van der Waals surface area contributed by atoms with Gasteiger partial charge in [-0.1, -0.05) is 48.5 Å². The SMILES string of the molecule is CC(=O)Nc1ccccc1OC(=O)COc1ccc(-c2ccccc2)cc1Br. The zero-order chi connectivity index (χ0) is 19.9. The van der Waals surface area contributed by atoms with Crippen LogP contribution in [0.5, 0.6) is 11.5 Å². The lowest BCUT2D eigenvalue weighted by Crippen LogP contribution is -2.19. The highest BCUT2D eigenvalue weighted by atomic mass is 79.9. The minimum Gasteiger partial charge on any atom is -0.481 e. The number of hydrogen-bond donors (Lipinski definition) is 1. The first kappa shape index (κ1) is 19.6. The van der Waals surface area contributed by atoms with Crippen LogP contribution < -0.4 is 14.8 Å². The highest BCUT2D eigenvalue weighted by molar-refractivity contribution is 9.10. The fourth-order valence-corrected chi connectivity index (χ4v) is 3.06. The van der Waals surface area contributed by atoms with Crippen LogP contribution >= 0.6 is 15.9 Å². The van der Waals surface area contributed by atoms with Crippen LogP contribution in [0.4, 0.5) is 5.69 Å². The summed E-state index contributed by atoms with van der Waals surface area (Å²) in [5.74, 6) is -0.0180. The number of carbonyl (C=O) groups excluding carboxylic acids is 2. The summed E-state index contributed by atoms with van der Waals surface area (Å²) in [4.78, 5) is 23.4. The Morgan fingerprint density at radius 3 is 2.32 bits per heavy atom. The van der Waals surface area contributed by atoms with Gasteiger partial charge in [-0.2, -0.15) is 0 Å². The van der Waals surface area contributed by atoms with Crippen LogP contribution in [0.15, 0.2) is 77.3 Å². The van der Waals surface area contributed by atoms with Gasteiger partial charge in [-0.25, -0.2) is 4.79 Å². The van der Waals surface area contributed by atoms with E-state index in [1.54, 1.807) is 30.3 Å². The van der Waals surface area contributed by atoms with Crippen LogP contribution in [0.3, 0.4) is 0 Å². The molecule has 0 spiro atoms. The van der Waals surface area contributed by atoms with Crippen molar-refractivity contribution in [1.82, 2.24) is 0 Å². The first-order chi connectivity index (χ1) is 13.5. The molecule has 3 aromatic rings. The van der Waals surface area contributed by atoms with Crippen molar-refractivity contribution in [3.63, 3.8) is 0 Å². The number of esters is 1. The van der Waals surface area contributed by atoms with E-state index in [0.717, 1.165) is 15.6 Å². The van der Waals surface area contributed by atoms with Gasteiger partial charge in [-0.05, 0) is 51.3 Å². The van der Waals surface area contributed by atoms with Crippen LogP contribution in [0, 0.1) is 0 Å². The highest BCUT2D eigenvalue weighted by Crippen LogP contribution is 2.31. The molecule has 0 aliphatic carbocycles. The third kappa shape index (κ3) is 5.20. The Kier molecular flexibility index (Phi) is 6.45. The summed E-state index contributed by atoms with van der Waals surface area (Å²) < 4.78 is 11.6. The van der Waals surface area contributed by atoms with Crippen molar-refractivity contribution < 1.29 is 19.1 Å². The van der Waals surface area contributed by atoms with Gasteiger partial charge >= 0.3 is 5.97 Å².